The van der Waals surface area contributed by atoms with Crippen molar-refractivity contribution in [2.45, 2.75) is 27.2 Å². The molecule has 0 aliphatic heterocycles. The highest BCUT2D eigenvalue weighted by Crippen LogP contribution is 2.23. The van der Waals surface area contributed by atoms with Crippen molar-refractivity contribution >= 4 is 11.8 Å². The Balaban J connectivity index is 1.97. The van der Waals surface area contributed by atoms with E-state index in [1.807, 2.05) is 69.3 Å². The van der Waals surface area contributed by atoms with Crippen LogP contribution in [-0.4, -0.2) is 23.8 Å². The van der Waals surface area contributed by atoms with E-state index in [1.54, 1.807) is 6.07 Å². The van der Waals surface area contributed by atoms with Crippen molar-refractivity contribution in [1.82, 2.24) is 4.98 Å². The van der Waals surface area contributed by atoms with Gasteiger partial charge < -0.3 is 4.74 Å². The van der Waals surface area contributed by atoms with Crippen LogP contribution in [-0.2, 0) is 11.2 Å². The Morgan fingerprint density at radius 3 is 2.25 bits per heavy atom. The molecule has 3 aromatic rings. The standard InChI is InChI=1S/C24H23NO3/c1-15-10-12-19(24(27)28-4)17(3)20(15)14-22(26)23-16(2)11-13-21(25-23)18-8-6-5-7-9-18/h5-13H,14H2,1-4H3. The molecule has 0 aliphatic carbocycles. The Kier molecular flexibility index (Phi) is 5.69. The average Bonchev–Trinajstić information content (AvgIpc) is 2.71. The Morgan fingerprint density at radius 2 is 1.57 bits per heavy atom. The maximum atomic E-state index is 13.1. The summed E-state index contributed by atoms with van der Waals surface area (Å²) in [5, 5.41) is 0. The van der Waals surface area contributed by atoms with Gasteiger partial charge in [-0.3, -0.25) is 4.79 Å². The normalized spacial score (nSPS) is 10.6. The van der Waals surface area contributed by atoms with Crippen LogP contribution in [0.3, 0.4) is 0 Å². The molecule has 0 radical (unpaired) electrons. The van der Waals surface area contributed by atoms with Crippen molar-refractivity contribution in [2.24, 2.45) is 0 Å². The van der Waals surface area contributed by atoms with Gasteiger partial charge in [-0.25, -0.2) is 9.78 Å². The number of carbonyl (C=O) groups excluding carboxylic acids is 2. The molecule has 28 heavy (non-hydrogen) atoms. The highest BCUT2D eigenvalue weighted by atomic mass is 16.5. The number of pyridine rings is 1. The minimum absolute atomic E-state index is 0.0662. The number of carbonyl (C=O) groups is 2. The lowest BCUT2D eigenvalue weighted by Gasteiger charge is -2.14. The average molecular weight is 373 g/mol. The van der Waals surface area contributed by atoms with Gasteiger partial charge in [0.25, 0.3) is 0 Å². The van der Waals surface area contributed by atoms with Gasteiger partial charge >= 0.3 is 5.97 Å². The first kappa shape index (κ1) is 19.5. The van der Waals surface area contributed by atoms with Crippen LogP contribution in [0.2, 0.25) is 0 Å². The Morgan fingerprint density at radius 1 is 0.893 bits per heavy atom. The molecular weight excluding hydrogens is 350 g/mol. The van der Waals surface area contributed by atoms with Gasteiger partial charge in [0.2, 0.25) is 0 Å². The molecule has 0 atom stereocenters. The van der Waals surface area contributed by atoms with E-state index in [2.05, 4.69) is 4.98 Å². The van der Waals surface area contributed by atoms with Crippen molar-refractivity contribution in [3.8, 4) is 11.3 Å². The fourth-order valence-corrected chi connectivity index (χ4v) is 3.32. The number of Topliss-reactive ketones (excluding diaryl/α,β-unsaturated/α-hetero) is 1. The van der Waals surface area contributed by atoms with E-state index in [-0.39, 0.29) is 12.2 Å². The first-order valence-corrected chi connectivity index (χ1v) is 9.16. The van der Waals surface area contributed by atoms with Gasteiger partial charge in [0.05, 0.1) is 18.4 Å². The lowest BCUT2D eigenvalue weighted by molar-refractivity contribution is 0.0599. The van der Waals surface area contributed by atoms with E-state index in [0.29, 0.717) is 11.3 Å². The van der Waals surface area contributed by atoms with Crippen LogP contribution >= 0.6 is 0 Å². The molecule has 0 unspecified atom stereocenters. The molecular formula is C24H23NO3. The number of aryl methyl sites for hydroxylation is 2. The van der Waals surface area contributed by atoms with Crippen LogP contribution in [0.25, 0.3) is 11.3 Å². The zero-order valence-corrected chi connectivity index (χ0v) is 16.6. The maximum absolute atomic E-state index is 13.1. The van der Waals surface area contributed by atoms with E-state index in [1.165, 1.54) is 7.11 Å². The minimum Gasteiger partial charge on any atom is -0.465 e. The maximum Gasteiger partial charge on any atom is 0.338 e. The largest absolute Gasteiger partial charge is 0.465 e. The van der Waals surface area contributed by atoms with Gasteiger partial charge in [-0.05, 0) is 55.2 Å². The van der Waals surface area contributed by atoms with Gasteiger partial charge in [-0.15, -0.1) is 0 Å². The number of rotatable bonds is 5. The van der Waals surface area contributed by atoms with Gasteiger partial charge in [-0.2, -0.15) is 0 Å². The van der Waals surface area contributed by atoms with E-state index in [9.17, 15) is 9.59 Å². The number of ketones is 1. The second-order valence-electron chi connectivity index (χ2n) is 6.85. The topological polar surface area (TPSA) is 56.3 Å². The number of aromatic nitrogens is 1. The lowest BCUT2D eigenvalue weighted by atomic mass is 9.92. The molecule has 4 heteroatoms. The number of hydrogen-bond donors (Lipinski definition) is 0. The van der Waals surface area contributed by atoms with Crippen molar-refractivity contribution in [3.63, 3.8) is 0 Å². The van der Waals surface area contributed by atoms with E-state index >= 15 is 0 Å². The van der Waals surface area contributed by atoms with Crippen LogP contribution < -0.4 is 0 Å². The SMILES string of the molecule is COC(=O)c1ccc(C)c(CC(=O)c2nc(-c3ccccc3)ccc2C)c1C. The Labute approximate surface area is 165 Å². The first-order chi connectivity index (χ1) is 13.4. The van der Waals surface area contributed by atoms with Crippen LogP contribution in [0.4, 0.5) is 0 Å². The van der Waals surface area contributed by atoms with Crippen LogP contribution in [0.5, 0.6) is 0 Å². The zero-order valence-electron chi connectivity index (χ0n) is 16.6. The van der Waals surface area contributed by atoms with Crippen LogP contribution in [0.15, 0.2) is 54.6 Å². The molecule has 0 saturated carbocycles. The number of ether oxygens (including phenoxy) is 1. The van der Waals surface area contributed by atoms with Gasteiger partial charge in [-0.1, -0.05) is 42.5 Å². The van der Waals surface area contributed by atoms with Gasteiger partial charge in [0.1, 0.15) is 5.69 Å². The quantitative estimate of drug-likeness (QED) is 0.472. The summed E-state index contributed by atoms with van der Waals surface area (Å²) in [4.78, 5) is 29.7. The molecule has 2 aromatic carbocycles. The van der Waals surface area contributed by atoms with Crippen molar-refractivity contribution in [3.05, 3.63) is 88.1 Å². The molecule has 4 nitrogen and oxygen atoms in total. The van der Waals surface area contributed by atoms with E-state index in [4.69, 9.17) is 4.74 Å². The highest BCUT2D eigenvalue weighted by molar-refractivity contribution is 5.98. The summed E-state index contributed by atoms with van der Waals surface area (Å²) in [5.41, 5.74) is 6.11. The molecule has 1 aromatic heterocycles. The van der Waals surface area contributed by atoms with E-state index < -0.39 is 5.97 Å². The van der Waals surface area contributed by atoms with Crippen molar-refractivity contribution < 1.29 is 14.3 Å². The Hall–Kier alpha value is -3.27. The monoisotopic (exact) mass is 373 g/mol. The predicted octanol–water partition coefficient (Wildman–Crippen LogP) is 4.89. The molecule has 142 valence electrons. The summed E-state index contributed by atoms with van der Waals surface area (Å²) >= 11 is 0. The summed E-state index contributed by atoms with van der Waals surface area (Å²) in [5.74, 6) is -0.463. The number of esters is 1. The fraction of sp³-hybridized carbons (Fsp3) is 0.208. The summed E-state index contributed by atoms with van der Waals surface area (Å²) in [7, 11) is 1.36. The first-order valence-electron chi connectivity index (χ1n) is 9.16. The molecule has 0 saturated heterocycles. The summed E-state index contributed by atoms with van der Waals surface area (Å²) in [6.07, 6.45) is 0.189. The molecule has 0 bridgehead atoms. The van der Waals surface area contributed by atoms with Crippen molar-refractivity contribution in [2.75, 3.05) is 7.11 Å². The number of nitrogens with zero attached hydrogens (tertiary/aromatic N) is 1. The molecule has 1 heterocycles. The molecule has 0 N–H and O–H groups in total. The summed E-state index contributed by atoms with van der Waals surface area (Å²) in [6.45, 7) is 5.68. The molecule has 0 aliphatic rings. The lowest BCUT2D eigenvalue weighted by Crippen LogP contribution is -2.13. The smallest absolute Gasteiger partial charge is 0.338 e. The van der Waals surface area contributed by atoms with Gasteiger partial charge in [0.15, 0.2) is 5.78 Å². The van der Waals surface area contributed by atoms with Crippen molar-refractivity contribution in [1.29, 1.82) is 0 Å². The minimum atomic E-state index is -0.397. The number of methoxy groups -OCH3 is 1. The third-order valence-corrected chi connectivity index (χ3v) is 5.01. The second-order valence-corrected chi connectivity index (χ2v) is 6.85. The third-order valence-electron chi connectivity index (χ3n) is 5.01. The molecule has 3 rings (SSSR count). The predicted molar refractivity (Wildman–Crippen MR) is 110 cm³/mol. The molecule has 0 amide bonds. The summed E-state index contributed by atoms with van der Waals surface area (Å²) < 4.78 is 4.85. The number of benzene rings is 2. The number of hydrogen-bond acceptors (Lipinski definition) is 4. The second kappa shape index (κ2) is 8.17. The zero-order chi connectivity index (χ0) is 20.3. The van der Waals surface area contributed by atoms with Crippen LogP contribution in [0, 0.1) is 20.8 Å². The summed E-state index contributed by atoms with van der Waals surface area (Å²) in [6, 6.07) is 17.2. The Bertz CT molecular complexity index is 1040. The molecule has 0 spiro atoms. The van der Waals surface area contributed by atoms with E-state index in [0.717, 1.165) is 33.5 Å². The highest BCUT2D eigenvalue weighted by Gasteiger charge is 2.19. The van der Waals surface area contributed by atoms with Crippen LogP contribution in [0.1, 0.15) is 43.1 Å². The fourth-order valence-electron chi connectivity index (χ4n) is 3.32. The third kappa shape index (κ3) is 3.86. The van der Waals surface area contributed by atoms with Gasteiger partial charge in [0, 0.05) is 12.0 Å². The molecule has 0 fully saturated rings.